The Kier molecular flexibility index (Phi) is 6.13. The minimum atomic E-state index is -0.216. The summed E-state index contributed by atoms with van der Waals surface area (Å²) < 4.78 is 0.117. The van der Waals surface area contributed by atoms with Gasteiger partial charge in [0.15, 0.2) is 0 Å². The first-order valence-electron chi connectivity index (χ1n) is 6.66. The third-order valence-electron chi connectivity index (χ3n) is 3.83. The zero-order valence-electron chi connectivity index (χ0n) is 12.0. The molecule has 1 aromatic rings. The van der Waals surface area contributed by atoms with Crippen molar-refractivity contribution in [1.29, 1.82) is 0 Å². The number of carbonyl (C=O) groups excluding carboxylic acids is 2. The van der Waals surface area contributed by atoms with Gasteiger partial charge in [-0.3, -0.25) is 0 Å². The molecule has 0 aromatic heterocycles. The Bertz CT molecular complexity index is 450. The summed E-state index contributed by atoms with van der Waals surface area (Å²) in [6.45, 7) is 7.57. The molecule has 19 heavy (non-hydrogen) atoms. The molecule has 2 nitrogen and oxygen atoms in total. The van der Waals surface area contributed by atoms with Gasteiger partial charge in [-0.05, 0) is 0 Å². The predicted octanol–water partition coefficient (Wildman–Crippen LogP) is 3.40. The number of hydrogen-bond acceptors (Lipinski definition) is 2. The summed E-state index contributed by atoms with van der Waals surface area (Å²) in [6, 6.07) is 8.28. The number of rotatable bonds is 6. The number of benzene rings is 1. The number of Topliss-reactive ketones (excluding diaryl/α,β-unsaturated/α-hetero) is 1. The summed E-state index contributed by atoms with van der Waals surface area (Å²) in [6.07, 6.45) is 0.868. The molecule has 0 aliphatic heterocycles. The van der Waals surface area contributed by atoms with Gasteiger partial charge in [-0.25, -0.2) is 0 Å². The van der Waals surface area contributed by atoms with E-state index < -0.39 is 0 Å². The van der Waals surface area contributed by atoms with Crippen molar-refractivity contribution in [3.05, 3.63) is 35.4 Å². The van der Waals surface area contributed by atoms with Crippen LogP contribution in [0, 0.1) is 18.8 Å². The van der Waals surface area contributed by atoms with E-state index in [1.807, 2.05) is 13.8 Å². The van der Waals surface area contributed by atoms with Crippen molar-refractivity contribution in [2.75, 3.05) is 0 Å². The second kappa shape index (κ2) is 7.14. The fraction of sp³-hybridized carbons (Fsp3) is 0.500. The summed E-state index contributed by atoms with van der Waals surface area (Å²) >= 11 is 1.52. The molecule has 0 fully saturated rings. The van der Waals surface area contributed by atoms with Gasteiger partial charge in [0, 0.05) is 0 Å². The number of hydrogen-bond donors (Lipinski definition) is 0. The van der Waals surface area contributed by atoms with E-state index in [-0.39, 0.29) is 27.7 Å². The first-order valence-corrected chi connectivity index (χ1v) is 7.66. The van der Waals surface area contributed by atoms with E-state index in [1.54, 1.807) is 6.92 Å². The molecular formula is C16H21MoO2. The van der Waals surface area contributed by atoms with Gasteiger partial charge in [-0.2, -0.15) is 0 Å². The SMILES string of the molecule is CCC(c1ccc(C)cc1)C([C](=O)[Mo])C(C)C(C)=O. The van der Waals surface area contributed by atoms with Crippen molar-refractivity contribution in [1.82, 2.24) is 0 Å². The van der Waals surface area contributed by atoms with Crippen molar-refractivity contribution >= 4 is 9.96 Å². The van der Waals surface area contributed by atoms with Gasteiger partial charge in [0.05, 0.1) is 0 Å². The van der Waals surface area contributed by atoms with E-state index in [9.17, 15) is 9.59 Å². The van der Waals surface area contributed by atoms with Gasteiger partial charge in [-0.1, -0.05) is 0 Å². The molecule has 103 valence electrons. The molecule has 3 atom stereocenters. The maximum absolute atomic E-state index is 12.0. The average molecular weight is 341 g/mol. The Labute approximate surface area is 126 Å². The number of ketones is 1. The van der Waals surface area contributed by atoms with E-state index in [4.69, 9.17) is 0 Å². The maximum atomic E-state index is 12.0. The van der Waals surface area contributed by atoms with Crippen molar-refractivity contribution in [3.8, 4) is 0 Å². The van der Waals surface area contributed by atoms with Crippen LogP contribution >= 0.6 is 0 Å². The first kappa shape index (κ1) is 16.3. The van der Waals surface area contributed by atoms with Gasteiger partial charge in [-0.15, -0.1) is 0 Å². The standard InChI is InChI=1S/C16H21O2.Mo/c1-5-15(14-8-6-11(2)7-9-14)16(10-17)12(3)13(4)18;/h6-9,12,15-16H,5H2,1-4H3;. The van der Waals surface area contributed by atoms with E-state index in [0.717, 1.165) is 12.0 Å². The Morgan fingerprint density at radius 3 is 2.11 bits per heavy atom. The van der Waals surface area contributed by atoms with Crippen LogP contribution in [-0.2, 0) is 29.4 Å². The van der Waals surface area contributed by atoms with Gasteiger partial charge in [0.2, 0.25) is 0 Å². The van der Waals surface area contributed by atoms with E-state index in [1.165, 1.54) is 25.4 Å². The topological polar surface area (TPSA) is 34.1 Å². The molecule has 3 heteroatoms. The van der Waals surface area contributed by atoms with Crippen LogP contribution in [0.1, 0.15) is 44.2 Å². The van der Waals surface area contributed by atoms with Crippen LogP contribution in [0.4, 0.5) is 0 Å². The van der Waals surface area contributed by atoms with Crippen LogP contribution < -0.4 is 0 Å². The van der Waals surface area contributed by atoms with Crippen LogP contribution in [0.5, 0.6) is 0 Å². The zero-order chi connectivity index (χ0) is 14.6. The fourth-order valence-electron chi connectivity index (χ4n) is 2.48. The molecular weight excluding hydrogens is 320 g/mol. The first-order chi connectivity index (χ1) is 8.88. The summed E-state index contributed by atoms with van der Waals surface area (Å²) in [5, 5.41) is 0. The molecule has 0 N–H and O–H groups in total. The third kappa shape index (κ3) is 4.11. The van der Waals surface area contributed by atoms with E-state index in [0.29, 0.717) is 0 Å². The van der Waals surface area contributed by atoms with Crippen molar-refractivity contribution in [2.45, 2.75) is 40.0 Å². The monoisotopic (exact) mass is 343 g/mol. The van der Waals surface area contributed by atoms with Crippen LogP contribution in [0.25, 0.3) is 0 Å². The Morgan fingerprint density at radius 1 is 1.21 bits per heavy atom. The summed E-state index contributed by atoms with van der Waals surface area (Å²) in [4.78, 5) is 23.6. The molecule has 0 heterocycles. The second-order valence-corrected chi connectivity index (χ2v) is 6.16. The molecule has 3 unspecified atom stereocenters. The normalized spacial score (nSPS) is 15.6. The van der Waals surface area contributed by atoms with Gasteiger partial charge in [0.1, 0.15) is 0 Å². The summed E-state index contributed by atoms with van der Waals surface area (Å²) in [7, 11) is 0. The molecule has 0 saturated heterocycles. The predicted molar refractivity (Wildman–Crippen MR) is 72.6 cm³/mol. The average Bonchev–Trinajstić information content (AvgIpc) is 2.35. The molecule has 1 rings (SSSR count). The number of aryl methyl sites for hydroxylation is 1. The van der Waals surface area contributed by atoms with Gasteiger partial charge < -0.3 is 0 Å². The van der Waals surface area contributed by atoms with Crippen LogP contribution in [0.3, 0.4) is 0 Å². The molecule has 0 saturated carbocycles. The quantitative estimate of drug-likeness (QED) is 0.743. The van der Waals surface area contributed by atoms with Crippen LogP contribution in [0.15, 0.2) is 24.3 Å². The fourth-order valence-corrected chi connectivity index (χ4v) is 3.39. The number of carbonyl (C=O) groups is 2. The van der Waals surface area contributed by atoms with Crippen molar-refractivity contribution in [2.24, 2.45) is 11.8 Å². The minimum absolute atomic E-state index is 0.0903. The molecule has 1 aromatic carbocycles. The zero-order valence-corrected chi connectivity index (χ0v) is 14.0. The van der Waals surface area contributed by atoms with Crippen LogP contribution in [-0.4, -0.2) is 9.96 Å². The molecule has 0 radical (unpaired) electrons. The summed E-state index contributed by atoms with van der Waals surface area (Å²) in [5.41, 5.74) is 2.36. The Morgan fingerprint density at radius 2 is 1.74 bits per heavy atom. The van der Waals surface area contributed by atoms with Crippen LogP contribution in [0.2, 0.25) is 0 Å². The van der Waals surface area contributed by atoms with E-state index in [2.05, 4.69) is 31.2 Å². The van der Waals surface area contributed by atoms with Crippen molar-refractivity contribution < 1.29 is 29.4 Å². The molecule has 0 aliphatic rings. The molecule has 0 aliphatic carbocycles. The van der Waals surface area contributed by atoms with Gasteiger partial charge in [0.25, 0.3) is 0 Å². The summed E-state index contributed by atoms with van der Waals surface area (Å²) in [5.74, 6) is -0.214. The third-order valence-corrected chi connectivity index (χ3v) is 4.50. The van der Waals surface area contributed by atoms with E-state index >= 15 is 0 Å². The Balaban J connectivity index is 3.13. The Hall–Kier alpha value is -0.752. The van der Waals surface area contributed by atoms with Gasteiger partial charge >= 0.3 is 127 Å². The molecule has 0 spiro atoms. The second-order valence-electron chi connectivity index (χ2n) is 5.17. The van der Waals surface area contributed by atoms with Crippen molar-refractivity contribution in [3.63, 3.8) is 0 Å². The molecule has 0 amide bonds. The molecule has 0 bridgehead atoms.